The van der Waals surface area contributed by atoms with E-state index in [1.54, 1.807) is 0 Å². The highest BCUT2D eigenvalue weighted by Gasteiger charge is 2.30. The van der Waals surface area contributed by atoms with Gasteiger partial charge in [0, 0.05) is 50.2 Å². The van der Waals surface area contributed by atoms with Crippen molar-refractivity contribution < 1.29 is 14.6 Å². The van der Waals surface area contributed by atoms with Crippen LogP contribution in [0.15, 0.2) is 30.6 Å². The molecule has 2 aliphatic heterocycles. The lowest BCUT2D eigenvalue weighted by Crippen LogP contribution is -2.48. The largest absolute Gasteiger partial charge is 0.488 e. The number of hydrogen-bond acceptors (Lipinski definition) is 5. The van der Waals surface area contributed by atoms with E-state index in [4.69, 9.17) is 4.74 Å². The zero-order chi connectivity index (χ0) is 18.8. The summed E-state index contributed by atoms with van der Waals surface area (Å²) in [6, 6.07) is 5.78. The van der Waals surface area contributed by atoms with Gasteiger partial charge < -0.3 is 19.7 Å². The van der Waals surface area contributed by atoms with E-state index in [1.807, 2.05) is 30.6 Å². The quantitative estimate of drug-likeness (QED) is 0.839. The molecule has 7 nitrogen and oxygen atoms in total. The number of rotatable bonds is 5. The smallest absolute Gasteiger partial charge is 0.224 e. The van der Waals surface area contributed by atoms with Crippen LogP contribution < -0.4 is 10.1 Å². The fraction of sp³-hybridized carbons (Fsp3) is 0.500. The molecule has 1 aromatic heterocycles. The monoisotopic (exact) mass is 370 g/mol. The van der Waals surface area contributed by atoms with Crippen LogP contribution in [0.5, 0.6) is 5.75 Å². The predicted octanol–water partition coefficient (Wildman–Crippen LogP) is 1.80. The number of carbonyl (C=O) groups excluding carboxylic acids is 1. The van der Waals surface area contributed by atoms with Gasteiger partial charge in [-0.15, -0.1) is 0 Å². The number of aromatic nitrogens is 2. The van der Waals surface area contributed by atoms with Crippen LogP contribution in [-0.4, -0.2) is 50.8 Å². The molecule has 2 atom stereocenters. The van der Waals surface area contributed by atoms with Crippen LogP contribution >= 0.6 is 0 Å². The van der Waals surface area contributed by atoms with Crippen LogP contribution in [0.2, 0.25) is 0 Å². The van der Waals surface area contributed by atoms with E-state index in [9.17, 15) is 9.90 Å². The maximum absolute atomic E-state index is 11.6. The first-order valence-corrected chi connectivity index (χ1v) is 9.62. The van der Waals surface area contributed by atoms with Crippen molar-refractivity contribution in [3.63, 3.8) is 0 Å². The van der Waals surface area contributed by atoms with Gasteiger partial charge in [-0.25, -0.2) is 4.98 Å². The number of nitrogens with one attached hydrogen (secondary N) is 1. The number of hydrogen-bond donors (Lipinski definition) is 2. The van der Waals surface area contributed by atoms with Crippen molar-refractivity contribution in [1.29, 1.82) is 0 Å². The van der Waals surface area contributed by atoms with Crippen molar-refractivity contribution in [2.24, 2.45) is 0 Å². The molecular formula is C20H26N4O3. The van der Waals surface area contributed by atoms with Gasteiger partial charge in [0.2, 0.25) is 5.91 Å². The molecule has 1 fully saturated rings. The molecule has 2 N–H and O–H groups in total. The molecule has 7 heteroatoms. The van der Waals surface area contributed by atoms with Crippen molar-refractivity contribution >= 4 is 11.6 Å². The van der Waals surface area contributed by atoms with Gasteiger partial charge in [-0.3, -0.25) is 9.69 Å². The number of anilines is 1. The Balaban J connectivity index is 1.36. The number of aliphatic hydroxyl groups excluding tert-OH is 1. The molecule has 0 saturated carbocycles. The summed E-state index contributed by atoms with van der Waals surface area (Å²) in [6.07, 6.45) is 5.03. The Morgan fingerprint density at radius 1 is 1.37 bits per heavy atom. The van der Waals surface area contributed by atoms with E-state index in [0.717, 1.165) is 49.6 Å². The van der Waals surface area contributed by atoms with Crippen molar-refractivity contribution in [2.75, 3.05) is 18.4 Å². The summed E-state index contributed by atoms with van der Waals surface area (Å²) in [5.41, 5.74) is 1.95. The van der Waals surface area contributed by atoms with Crippen LogP contribution in [0, 0.1) is 0 Å². The van der Waals surface area contributed by atoms with Crippen LogP contribution in [0.25, 0.3) is 0 Å². The highest BCUT2D eigenvalue weighted by Crippen LogP contribution is 2.29. The molecule has 4 rings (SSSR count). The minimum absolute atomic E-state index is 0.0402. The molecule has 144 valence electrons. The fourth-order valence-electron chi connectivity index (χ4n) is 3.84. The van der Waals surface area contributed by atoms with E-state index in [0.29, 0.717) is 18.7 Å². The van der Waals surface area contributed by atoms with E-state index in [-0.39, 0.29) is 12.0 Å². The maximum atomic E-state index is 11.6. The molecule has 1 amide bonds. The molecule has 1 saturated heterocycles. The van der Waals surface area contributed by atoms with Crippen LogP contribution in [0.4, 0.5) is 5.69 Å². The SMILES string of the molecule is CCn1ccnc1CN1CC[C@@H](Oc2ccc3c(c2)NC(=O)CC3)[C@H](O)C1. The molecule has 2 aliphatic rings. The van der Waals surface area contributed by atoms with Crippen molar-refractivity contribution in [3.05, 3.63) is 42.0 Å². The van der Waals surface area contributed by atoms with Crippen LogP contribution in [0.3, 0.4) is 0 Å². The Bertz CT molecular complexity index is 819. The zero-order valence-electron chi connectivity index (χ0n) is 15.6. The molecule has 1 aromatic carbocycles. The second kappa shape index (κ2) is 7.70. The van der Waals surface area contributed by atoms with Crippen molar-refractivity contribution in [1.82, 2.24) is 14.5 Å². The third kappa shape index (κ3) is 3.99. The lowest BCUT2D eigenvalue weighted by molar-refractivity contribution is -0.116. The minimum Gasteiger partial charge on any atom is -0.488 e. The molecular weight excluding hydrogens is 344 g/mol. The summed E-state index contributed by atoms with van der Waals surface area (Å²) in [4.78, 5) is 18.2. The normalized spacial score (nSPS) is 23.0. The van der Waals surface area contributed by atoms with E-state index >= 15 is 0 Å². The first kappa shape index (κ1) is 18.0. The van der Waals surface area contributed by atoms with Gasteiger partial charge in [0.25, 0.3) is 0 Å². The molecule has 2 aromatic rings. The molecule has 27 heavy (non-hydrogen) atoms. The van der Waals surface area contributed by atoms with Gasteiger partial charge in [0.1, 0.15) is 23.8 Å². The van der Waals surface area contributed by atoms with Gasteiger partial charge in [-0.05, 0) is 31.4 Å². The molecule has 0 bridgehead atoms. The van der Waals surface area contributed by atoms with E-state index in [1.165, 1.54) is 0 Å². The van der Waals surface area contributed by atoms with Gasteiger partial charge in [-0.2, -0.15) is 0 Å². The number of likely N-dealkylation sites (tertiary alicyclic amines) is 1. The number of amides is 1. The second-order valence-corrected chi connectivity index (χ2v) is 7.24. The summed E-state index contributed by atoms with van der Waals surface area (Å²) < 4.78 is 8.17. The standard InChI is InChI=1S/C20H26N4O3/c1-2-24-10-8-21-19(24)13-23-9-7-18(17(25)12-23)27-15-5-3-14-4-6-20(26)22-16(14)11-15/h3,5,8,10-11,17-18,25H,2,4,6-7,9,12-13H2,1H3,(H,22,26)/t17-,18-/m1/s1. The Labute approximate surface area is 159 Å². The molecule has 3 heterocycles. The molecule has 0 spiro atoms. The van der Waals surface area contributed by atoms with Gasteiger partial charge in [0.05, 0.1) is 6.54 Å². The Morgan fingerprint density at radius 3 is 3.07 bits per heavy atom. The summed E-state index contributed by atoms with van der Waals surface area (Å²) in [6.45, 7) is 5.13. The lowest BCUT2D eigenvalue weighted by atomic mass is 10.0. The highest BCUT2D eigenvalue weighted by atomic mass is 16.5. The van der Waals surface area contributed by atoms with E-state index < -0.39 is 6.10 Å². The number of β-amino-alcohol motifs (C(OH)–C–C–N with tert-alkyl or cyclic N) is 1. The first-order valence-electron chi connectivity index (χ1n) is 9.62. The summed E-state index contributed by atoms with van der Waals surface area (Å²) in [5.74, 6) is 1.75. The Kier molecular flexibility index (Phi) is 5.13. The van der Waals surface area contributed by atoms with Crippen molar-refractivity contribution in [3.8, 4) is 5.75 Å². The van der Waals surface area contributed by atoms with Crippen molar-refractivity contribution in [2.45, 2.75) is 51.5 Å². The minimum atomic E-state index is -0.561. The maximum Gasteiger partial charge on any atom is 0.224 e. The Morgan fingerprint density at radius 2 is 2.26 bits per heavy atom. The summed E-state index contributed by atoms with van der Waals surface area (Å²) >= 11 is 0. The third-order valence-corrected chi connectivity index (χ3v) is 5.38. The summed E-state index contributed by atoms with van der Waals surface area (Å²) in [7, 11) is 0. The third-order valence-electron chi connectivity index (χ3n) is 5.38. The number of fused-ring (bicyclic) bond motifs is 1. The second-order valence-electron chi connectivity index (χ2n) is 7.24. The summed E-state index contributed by atoms with van der Waals surface area (Å²) in [5, 5.41) is 13.5. The zero-order valence-corrected chi connectivity index (χ0v) is 15.6. The number of benzene rings is 1. The number of aliphatic hydroxyl groups is 1. The topological polar surface area (TPSA) is 79.6 Å². The molecule has 0 radical (unpaired) electrons. The molecule has 0 aliphatic carbocycles. The van der Waals surface area contributed by atoms with E-state index in [2.05, 4.69) is 26.7 Å². The molecule has 0 unspecified atom stereocenters. The highest BCUT2D eigenvalue weighted by molar-refractivity contribution is 5.94. The number of imidazole rings is 1. The average Bonchev–Trinajstić information content (AvgIpc) is 3.11. The Hall–Kier alpha value is -2.38. The predicted molar refractivity (Wildman–Crippen MR) is 102 cm³/mol. The van der Waals surface area contributed by atoms with Gasteiger partial charge >= 0.3 is 0 Å². The fourth-order valence-corrected chi connectivity index (χ4v) is 3.84. The lowest BCUT2D eigenvalue weighted by Gasteiger charge is -2.35. The van der Waals surface area contributed by atoms with Gasteiger partial charge in [-0.1, -0.05) is 6.07 Å². The average molecular weight is 370 g/mol. The van der Waals surface area contributed by atoms with Gasteiger partial charge in [0.15, 0.2) is 0 Å². The van der Waals surface area contributed by atoms with Crippen LogP contribution in [-0.2, 0) is 24.3 Å². The van der Waals surface area contributed by atoms with Crippen LogP contribution in [0.1, 0.15) is 31.2 Å². The number of aryl methyl sites for hydroxylation is 2. The number of piperidine rings is 1. The number of carbonyl (C=O) groups is 1. The number of nitrogens with zero attached hydrogens (tertiary/aromatic N) is 3. The number of ether oxygens (including phenoxy) is 1. The first-order chi connectivity index (χ1) is 13.1.